The van der Waals surface area contributed by atoms with Crippen LogP contribution in [0.25, 0.3) is 0 Å². The molecule has 0 aliphatic heterocycles. The lowest BCUT2D eigenvalue weighted by Crippen LogP contribution is -3.00. The molecule has 0 bridgehead atoms. The molecule has 0 fully saturated rings. The van der Waals surface area contributed by atoms with Gasteiger partial charge in [-0.2, -0.15) is 0 Å². The largest absolute Gasteiger partial charge is 1.00 e. The fraction of sp³-hybridized carbons (Fsp3) is 0.385. The fourth-order valence-electron chi connectivity index (χ4n) is 4.24. The number of aromatic nitrogens is 2. The summed E-state index contributed by atoms with van der Waals surface area (Å²) in [5, 5.41) is 30.8. The Hall–Kier alpha value is -3.20. The Balaban J connectivity index is 0.00000400. The zero-order chi connectivity index (χ0) is 27.8. The third-order valence-corrected chi connectivity index (χ3v) is 6.30. The quantitative estimate of drug-likeness (QED) is 0.0857. The highest BCUT2D eigenvalue weighted by Gasteiger charge is 2.29. The molecule has 0 N–H and O–H groups in total. The molecule has 0 spiro atoms. The lowest BCUT2D eigenvalue weighted by atomic mass is 10.2. The van der Waals surface area contributed by atoms with Gasteiger partial charge in [0.05, 0.1) is 64.3 Å². The topological polar surface area (TPSA) is 131 Å². The van der Waals surface area contributed by atoms with Crippen molar-refractivity contribution >= 4 is 22.7 Å². The van der Waals surface area contributed by atoms with E-state index >= 15 is 0 Å². The minimum absolute atomic E-state index is 0. The average molecular weight is 686 g/mol. The summed E-state index contributed by atoms with van der Waals surface area (Å²) in [5.41, 5.74) is 1.48. The smallest absolute Gasteiger partial charge is 0.329 e. The second-order valence-corrected chi connectivity index (χ2v) is 9.92. The first-order valence-corrected chi connectivity index (χ1v) is 12.2. The SMILES string of the molecule is C[N+](C)(CCCOc1ccc(OCCC[N+](C)(C)c2ccccc2[N+](=O)[O-])nn1)c1ccccc1[N+](=O)[O-].[Br-].[Br-]. The van der Waals surface area contributed by atoms with E-state index in [0.717, 1.165) is 0 Å². The maximum atomic E-state index is 11.4. The Morgan fingerprint density at radius 2 is 1.00 bits per heavy atom. The molecule has 0 atom stereocenters. The first kappa shape index (κ1) is 34.8. The number of para-hydroxylation sites is 4. The molecule has 0 amide bonds. The van der Waals surface area contributed by atoms with Crippen LogP contribution in [0.2, 0.25) is 0 Å². The molecule has 1 aromatic heterocycles. The molecule has 40 heavy (non-hydrogen) atoms. The summed E-state index contributed by atoms with van der Waals surface area (Å²) >= 11 is 0. The maximum Gasteiger partial charge on any atom is 0.329 e. The van der Waals surface area contributed by atoms with Crippen LogP contribution in [0.3, 0.4) is 0 Å². The van der Waals surface area contributed by atoms with Gasteiger partial charge in [-0.1, -0.05) is 24.3 Å². The number of ether oxygens (including phenoxy) is 2. The normalized spacial score (nSPS) is 11.1. The fourth-order valence-corrected chi connectivity index (χ4v) is 4.24. The molecule has 2 aromatic carbocycles. The van der Waals surface area contributed by atoms with E-state index < -0.39 is 0 Å². The van der Waals surface area contributed by atoms with Crippen molar-refractivity contribution in [2.75, 3.05) is 54.5 Å². The van der Waals surface area contributed by atoms with Crippen LogP contribution in [0.5, 0.6) is 11.8 Å². The minimum atomic E-state index is -0.361. The van der Waals surface area contributed by atoms with Gasteiger partial charge in [0, 0.05) is 49.2 Å². The number of nitro groups is 2. The number of benzene rings is 2. The molecule has 0 aliphatic carbocycles. The number of nitro benzene ring substituents is 2. The van der Waals surface area contributed by atoms with Gasteiger partial charge < -0.3 is 43.4 Å². The van der Waals surface area contributed by atoms with Crippen LogP contribution in [-0.4, -0.2) is 74.5 Å². The third kappa shape index (κ3) is 9.47. The van der Waals surface area contributed by atoms with Crippen LogP contribution in [0.4, 0.5) is 22.7 Å². The predicted octanol–water partition coefficient (Wildman–Crippen LogP) is -1.63. The number of rotatable bonds is 14. The molecule has 1 heterocycles. The Bertz CT molecular complexity index is 1160. The number of hydrogen-bond donors (Lipinski definition) is 0. The van der Waals surface area contributed by atoms with Crippen molar-refractivity contribution in [2.24, 2.45) is 0 Å². The van der Waals surface area contributed by atoms with E-state index in [2.05, 4.69) is 10.2 Å². The zero-order valence-electron chi connectivity index (χ0n) is 22.9. The van der Waals surface area contributed by atoms with Crippen molar-refractivity contribution < 1.29 is 53.3 Å². The number of hydrogen-bond acceptors (Lipinski definition) is 8. The van der Waals surface area contributed by atoms with E-state index in [1.807, 2.05) is 28.2 Å². The van der Waals surface area contributed by atoms with Crippen LogP contribution in [0.1, 0.15) is 12.8 Å². The summed E-state index contributed by atoms with van der Waals surface area (Å²) < 4.78 is 12.1. The van der Waals surface area contributed by atoms with Crippen LogP contribution in [0.15, 0.2) is 60.7 Å². The molecule has 0 saturated carbocycles. The van der Waals surface area contributed by atoms with Crippen molar-refractivity contribution in [1.82, 2.24) is 19.2 Å². The van der Waals surface area contributed by atoms with Gasteiger partial charge in [-0.05, 0) is 0 Å². The monoisotopic (exact) mass is 684 g/mol. The molecule has 0 saturated heterocycles. The van der Waals surface area contributed by atoms with Gasteiger partial charge in [-0.3, -0.25) is 29.2 Å². The lowest BCUT2D eigenvalue weighted by molar-refractivity contribution is -0.384. The molecule has 0 radical (unpaired) electrons. The van der Waals surface area contributed by atoms with Crippen LogP contribution >= 0.6 is 0 Å². The van der Waals surface area contributed by atoms with Crippen LogP contribution in [-0.2, 0) is 0 Å². The van der Waals surface area contributed by atoms with Crippen molar-refractivity contribution in [2.45, 2.75) is 12.8 Å². The third-order valence-electron chi connectivity index (χ3n) is 6.30. The van der Waals surface area contributed by atoms with Crippen molar-refractivity contribution in [3.8, 4) is 11.8 Å². The molecule has 218 valence electrons. The summed E-state index contributed by atoms with van der Waals surface area (Å²) in [7, 11) is 7.70. The van der Waals surface area contributed by atoms with Crippen molar-refractivity contribution in [1.29, 1.82) is 0 Å². The molecule has 3 rings (SSSR count). The van der Waals surface area contributed by atoms with E-state index in [0.29, 0.717) is 71.2 Å². The predicted molar refractivity (Wildman–Crippen MR) is 145 cm³/mol. The van der Waals surface area contributed by atoms with E-state index in [9.17, 15) is 20.2 Å². The van der Waals surface area contributed by atoms with E-state index in [-0.39, 0.29) is 55.2 Å². The summed E-state index contributed by atoms with van der Waals surface area (Å²) in [5.74, 6) is 0.727. The summed E-state index contributed by atoms with van der Waals surface area (Å²) in [4.78, 5) is 22.0. The van der Waals surface area contributed by atoms with Gasteiger partial charge >= 0.3 is 11.4 Å². The second-order valence-electron chi connectivity index (χ2n) is 9.92. The second kappa shape index (κ2) is 15.6. The molecule has 0 unspecified atom stereocenters. The molecular formula is C26H34Br2N6O6. The standard InChI is InChI=1S/C26H34N6O6.2BrH/c1-31(2,23-13-7-5-11-21(23)29(33)34)17-9-19-37-25-15-16-26(28-27-25)38-20-10-18-32(3,4)24-14-8-6-12-22(24)30(35)36;;/h5-8,11-16H,9-10,17-20H2,1-4H3;2*1H/q+2;;/p-2. The van der Waals surface area contributed by atoms with Crippen molar-refractivity contribution in [3.05, 3.63) is 80.9 Å². The Morgan fingerprint density at radius 3 is 1.32 bits per heavy atom. The number of quaternary nitrogens is 2. The first-order chi connectivity index (χ1) is 18.0. The van der Waals surface area contributed by atoms with Crippen LogP contribution in [0, 0.1) is 20.2 Å². The lowest BCUT2D eigenvalue weighted by Gasteiger charge is -2.28. The molecule has 12 nitrogen and oxygen atoms in total. The Morgan fingerprint density at radius 1 is 0.650 bits per heavy atom. The Labute approximate surface area is 254 Å². The summed E-state index contributed by atoms with van der Waals surface area (Å²) in [6.07, 6.45) is 1.32. The van der Waals surface area contributed by atoms with Crippen molar-refractivity contribution in [3.63, 3.8) is 0 Å². The first-order valence-electron chi connectivity index (χ1n) is 12.2. The average Bonchev–Trinajstić information content (AvgIpc) is 2.90. The highest BCUT2D eigenvalue weighted by atomic mass is 79.9. The van der Waals surface area contributed by atoms with Gasteiger partial charge in [0.1, 0.15) is 0 Å². The summed E-state index contributed by atoms with van der Waals surface area (Å²) in [6, 6.07) is 16.9. The highest BCUT2D eigenvalue weighted by molar-refractivity contribution is 5.60. The number of halogens is 2. The van der Waals surface area contributed by atoms with E-state index in [4.69, 9.17) is 9.47 Å². The van der Waals surface area contributed by atoms with Gasteiger partial charge in [-0.15, -0.1) is 10.2 Å². The van der Waals surface area contributed by atoms with Gasteiger partial charge in [-0.25, -0.2) is 0 Å². The Kier molecular flexibility index (Phi) is 13.5. The summed E-state index contributed by atoms with van der Waals surface area (Å²) in [6.45, 7) is 2.05. The maximum absolute atomic E-state index is 11.4. The zero-order valence-corrected chi connectivity index (χ0v) is 26.1. The molecule has 0 aliphatic rings. The minimum Gasteiger partial charge on any atom is -1.00 e. The molecule has 14 heteroatoms. The van der Waals surface area contributed by atoms with Gasteiger partial charge in [0.25, 0.3) is 0 Å². The van der Waals surface area contributed by atoms with E-state index in [1.165, 1.54) is 12.1 Å². The molecule has 3 aromatic rings. The van der Waals surface area contributed by atoms with Gasteiger partial charge in [0.15, 0.2) is 0 Å². The van der Waals surface area contributed by atoms with Crippen LogP contribution < -0.4 is 52.4 Å². The van der Waals surface area contributed by atoms with Gasteiger partial charge in [0.2, 0.25) is 23.1 Å². The molecular weight excluding hydrogens is 652 g/mol. The van der Waals surface area contributed by atoms with E-state index in [1.54, 1.807) is 48.5 Å². The highest BCUT2D eigenvalue weighted by Crippen LogP contribution is 2.31. The number of nitrogens with zero attached hydrogens (tertiary/aromatic N) is 6.